The number of hydrogen-bond acceptors (Lipinski definition) is 2. The fourth-order valence-electron chi connectivity index (χ4n) is 0. The van der Waals surface area contributed by atoms with E-state index in [-0.39, 0.29) is 0 Å². The third kappa shape index (κ3) is 4.15. The van der Waals surface area contributed by atoms with Crippen LogP contribution in [0.5, 0.6) is 0 Å². The van der Waals surface area contributed by atoms with Crippen LogP contribution in [-0.4, -0.2) is 10.5 Å². The van der Waals surface area contributed by atoms with Gasteiger partial charge in [0.2, 0.25) is 0 Å². The molecule has 0 aromatic heterocycles. The van der Waals surface area contributed by atoms with E-state index in [1.165, 1.54) is 0 Å². The second-order valence-corrected chi connectivity index (χ2v) is 3.27. The van der Waals surface area contributed by atoms with E-state index in [2.05, 4.69) is 0 Å². The molecule has 0 aliphatic rings. The lowest BCUT2D eigenvalue weighted by atomic mass is 12.0. The summed E-state index contributed by atoms with van der Waals surface area (Å²) in [5.74, 6) is 0. The van der Waals surface area contributed by atoms with E-state index in [1.54, 1.807) is 6.26 Å². The van der Waals surface area contributed by atoms with Crippen LogP contribution in [0, 0.1) is 5.69 Å². The van der Waals surface area contributed by atoms with Crippen LogP contribution in [0.4, 0.5) is 0 Å². The number of hydrogen-bond donors (Lipinski definition) is 0. The predicted octanol–water partition coefficient (Wildman–Crippen LogP) is 0.602. The van der Waals surface area contributed by atoms with E-state index < -0.39 is 9.24 Å². The molecule has 0 heterocycles. The standard InChI is InChI=1S/C2H4OS2/c1-4-5(2)3/h2H,1H3. The van der Waals surface area contributed by atoms with Gasteiger partial charge in [0, 0.05) is 0 Å². The van der Waals surface area contributed by atoms with Gasteiger partial charge in [0.1, 0.15) is 0 Å². The molecule has 0 unspecified atom stereocenters. The Morgan fingerprint density at radius 1 is 2.00 bits per heavy atom. The first kappa shape index (κ1) is 5.15. The first-order valence-electron chi connectivity index (χ1n) is 0.977. The largest absolute Gasteiger partial charge is 0.210 e. The Morgan fingerprint density at radius 3 is 2.20 bits per heavy atom. The Balaban J connectivity index is 3.39. The van der Waals surface area contributed by atoms with Gasteiger partial charge in [-0.15, -0.1) is 0 Å². The first-order chi connectivity index (χ1) is 2.27. The van der Waals surface area contributed by atoms with Crippen LogP contribution in [0.15, 0.2) is 0 Å². The van der Waals surface area contributed by atoms with E-state index in [4.69, 9.17) is 5.69 Å². The lowest BCUT2D eigenvalue weighted by Gasteiger charge is -1.59. The molecule has 3 heteroatoms. The molecule has 0 atom stereocenters. The van der Waals surface area contributed by atoms with Gasteiger partial charge in [0.25, 0.3) is 0 Å². The van der Waals surface area contributed by atoms with E-state index in [0.29, 0.717) is 0 Å². The van der Waals surface area contributed by atoms with Gasteiger partial charge in [-0.3, -0.25) is 0 Å². The average Bonchev–Trinajstić information content (AvgIpc) is 1.38. The molecule has 0 aliphatic heterocycles. The third-order valence-corrected chi connectivity index (χ3v) is 1.48. The molecule has 0 saturated carbocycles. The molecule has 30 valence electrons. The molecular weight excluding hydrogens is 104 g/mol. The Morgan fingerprint density at radius 2 is 2.20 bits per heavy atom. The van der Waals surface area contributed by atoms with Crippen LogP contribution in [0.2, 0.25) is 0 Å². The van der Waals surface area contributed by atoms with Crippen molar-refractivity contribution in [2.75, 3.05) is 6.26 Å². The Labute approximate surface area is 36.8 Å². The van der Waals surface area contributed by atoms with Gasteiger partial charge in [-0.1, -0.05) is 5.69 Å². The van der Waals surface area contributed by atoms with Crippen LogP contribution in [0.25, 0.3) is 0 Å². The van der Waals surface area contributed by atoms with Gasteiger partial charge in [-0.2, -0.15) is 0 Å². The lowest BCUT2D eigenvalue weighted by molar-refractivity contribution is 0.699. The molecule has 0 rings (SSSR count). The highest BCUT2D eigenvalue weighted by molar-refractivity contribution is 8.64. The maximum absolute atomic E-state index is 9.66. The van der Waals surface area contributed by atoms with Crippen molar-refractivity contribution in [1.29, 1.82) is 0 Å². The van der Waals surface area contributed by atoms with E-state index >= 15 is 0 Å². The third-order valence-electron chi connectivity index (χ3n) is 0.164. The molecule has 5 heavy (non-hydrogen) atoms. The maximum atomic E-state index is 9.66. The zero-order valence-electron chi connectivity index (χ0n) is 2.80. The van der Waals surface area contributed by atoms with E-state index in [0.717, 1.165) is 10.8 Å². The second kappa shape index (κ2) is 2.39. The summed E-state index contributed by atoms with van der Waals surface area (Å²) in [5, 5.41) is 0. The normalized spacial score (nSPS) is 7.20. The summed E-state index contributed by atoms with van der Waals surface area (Å²) in [5.41, 5.74) is 4.73. The van der Waals surface area contributed by atoms with E-state index in [1.807, 2.05) is 0 Å². The van der Waals surface area contributed by atoms with Gasteiger partial charge in [0.05, 0.1) is 9.24 Å². The topological polar surface area (TPSA) is 17.1 Å². The summed E-state index contributed by atoms with van der Waals surface area (Å²) in [6.45, 7) is 0. The minimum atomic E-state index is -1.16. The van der Waals surface area contributed by atoms with Crippen molar-refractivity contribution in [3.8, 4) is 5.69 Å². The molecule has 0 spiro atoms. The highest BCUT2D eigenvalue weighted by atomic mass is 33.1. The summed E-state index contributed by atoms with van der Waals surface area (Å²) in [4.78, 5) is 0. The van der Waals surface area contributed by atoms with Crippen LogP contribution in [0.1, 0.15) is 0 Å². The fraction of sp³-hybridized carbons (Fsp3) is 0.500. The Kier molecular flexibility index (Phi) is 2.46. The first-order valence-corrected chi connectivity index (χ1v) is 3.93. The van der Waals surface area contributed by atoms with Crippen molar-refractivity contribution >= 4 is 20.0 Å². The van der Waals surface area contributed by atoms with Crippen molar-refractivity contribution in [1.82, 2.24) is 0 Å². The Hall–Kier alpha value is 0.150. The minimum Gasteiger partial charge on any atom is -0.210 e. The molecule has 0 saturated heterocycles. The molecule has 0 N–H and O–H groups in total. The van der Waals surface area contributed by atoms with Crippen LogP contribution >= 0.6 is 10.8 Å². The molecule has 1 nitrogen and oxygen atoms in total. The van der Waals surface area contributed by atoms with Gasteiger partial charge in [-0.25, -0.2) is 4.21 Å². The van der Waals surface area contributed by atoms with E-state index in [9.17, 15) is 4.21 Å². The lowest BCUT2D eigenvalue weighted by Crippen LogP contribution is -1.45. The zero-order valence-corrected chi connectivity index (χ0v) is 4.44. The van der Waals surface area contributed by atoms with Crippen LogP contribution in [0.3, 0.4) is 0 Å². The van der Waals surface area contributed by atoms with Crippen molar-refractivity contribution in [2.24, 2.45) is 0 Å². The summed E-state index contributed by atoms with van der Waals surface area (Å²) in [6.07, 6.45) is 1.69. The van der Waals surface area contributed by atoms with Crippen molar-refractivity contribution in [2.45, 2.75) is 0 Å². The number of rotatable bonds is 0. The molecule has 0 aromatic carbocycles. The highest BCUT2D eigenvalue weighted by Gasteiger charge is 1.58. The van der Waals surface area contributed by atoms with Crippen molar-refractivity contribution in [3.63, 3.8) is 0 Å². The van der Waals surface area contributed by atoms with Crippen LogP contribution < -0.4 is 0 Å². The van der Waals surface area contributed by atoms with Crippen LogP contribution in [-0.2, 0) is 9.24 Å². The molecule has 0 amide bonds. The SMILES string of the molecule is C#S(=O)SC. The molecule has 0 aliphatic carbocycles. The molecular formula is C2H4OS2. The molecule has 0 bridgehead atoms. The van der Waals surface area contributed by atoms with Gasteiger partial charge < -0.3 is 0 Å². The fourth-order valence-corrected chi connectivity index (χ4v) is 0. The van der Waals surface area contributed by atoms with Crippen molar-refractivity contribution in [3.05, 3.63) is 0 Å². The minimum absolute atomic E-state index is 1.13. The zero-order chi connectivity index (χ0) is 4.28. The Bertz CT molecular complexity index is 109. The molecule has 0 aromatic rings. The van der Waals surface area contributed by atoms with Gasteiger partial charge in [0.15, 0.2) is 0 Å². The van der Waals surface area contributed by atoms with Crippen molar-refractivity contribution < 1.29 is 4.21 Å². The summed E-state index contributed by atoms with van der Waals surface area (Å²) in [6, 6.07) is 0. The maximum Gasteiger partial charge on any atom is 0.0794 e. The molecule has 0 radical (unpaired) electrons. The summed E-state index contributed by atoms with van der Waals surface area (Å²) in [7, 11) is -0.0262. The monoisotopic (exact) mass is 108 g/mol. The second-order valence-electron chi connectivity index (χ2n) is 0.427. The average molecular weight is 108 g/mol. The quantitative estimate of drug-likeness (QED) is 0.423. The highest BCUT2D eigenvalue weighted by Crippen LogP contribution is 1.84. The summed E-state index contributed by atoms with van der Waals surface area (Å²) < 4.78 is 9.66. The smallest absolute Gasteiger partial charge is 0.0794 e. The van der Waals surface area contributed by atoms with Gasteiger partial charge in [-0.05, 0) is 17.0 Å². The summed E-state index contributed by atoms with van der Waals surface area (Å²) >= 11 is 0. The molecule has 0 fully saturated rings. The predicted molar refractivity (Wildman–Crippen MR) is 26.6 cm³/mol. The van der Waals surface area contributed by atoms with Gasteiger partial charge >= 0.3 is 0 Å².